The number of thiocarbonyl (C=S) groups is 1. The maximum Gasteiger partial charge on any atom is 0.276 e. The van der Waals surface area contributed by atoms with Gasteiger partial charge in [-0.05, 0) is 67.7 Å². The van der Waals surface area contributed by atoms with Crippen LogP contribution in [0.3, 0.4) is 0 Å². The van der Waals surface area contributed by atoms with E-state index in [-0.39, 0.29) is 5.91 Å². The minimum Gasteiger partial charge on any atom is -0.371 e. The molecule has 1 amide bonds. The average molecular weight is 329 g/mol. The van der Waals surface area contributed by atoms with Crippen LogP contribution in [0.5, 0.6) is 0 Å². The van der Waals surface area contributed by atoms with Crippen LogP contribution in [-0.4, -0.2) is 35.6 Å². The van der Waals surface area contributed by atoms with Crippen molar-refractivity contribution in [3.8, 4) is 0 Å². The number of amides is 1. The fourth-order valence-corrected chi connectivity index (χ4v) is 3.53. The van der Waals surface area contributed by atoms with E-state index in [9.17, 15) is 4.79 Å². The second-order valence-corrected chi connectivity index (χ2v) is 6.57. The predicted octanol–water partition coefficient (Wildman–Crippen LogP) is 3.06. The van der Waals surface area contributed by atoms with Crippen molar-refractivity contribution in [3.05, 3.63) is 35.0 Å². The molecule has 1 N–H and O–H groups in total. The predicted molar refractivity (Wildman–Crippen MR) is 98.3 cm³/mol. The Bertz CT molecular complexity index is 662. The Morgan fingerprint density at radius 3 is 2.70 bits per heavy atom. The van der Waals surface area contributed by atoms with E-state index in [4.69, 9.17) is 12.2 Å². The molecule has 0 unspecified atom stereocenters. The van der Waals surface area contributed by atoms with Crippen LogP contribution in [0.25, 0.3) is 6.08 Å². The van der Waals surface area contributed by atoms with Gasteiger partial charge in [-0.2, -0.15) is 0 Å². The summed E-state index contributed by atoms with van der Waals surface area (Å²) in [5.41, 5.74) is 4.15. The maximum atomic E-state index is 12.4. The van der Waals surface area contributed by atoms with E-state index in [2.05, 4.69) is 35.3 Å². The average Bonchev–Trinajstić information content (AvgIpc) is 3.13. The van der Waals surface area contributed by atoms with Gasteiger partial charge < -0.3 is 10.2 Å². The molecule has 2 fully saturated rings. The zero-order chi connectivity index (χ0) is 16.4. The third-order valence-corrected chi connectivity index (χ3v) is 4.71. The maximum absolute atomic E-state index is 12.4. The molecule has 2 saturated heterocycles. The molecule has 1 aromatic carbocycles. The number of nitrogens with zero attached hydrogens (tertiary/aromatic N) is 2. The van der Waals surface area contributed by atoms with Crippen molar-refractivity contribution < 1.29 is 4.79 Å². The van der Waals surface area contributed by atoms with Crippen molar-refractivity contribution in [1.29, 1.82) is 0 Å². The number of aryl methyl sites for hydroxylation is 1. The molecule has 1 aromatic rings. The minimum atomic E-state index is -0.0295. The van der Waals surface area contributed by atoms with Gasteiger partial charge in [0, 0.05) is 25.3 Å². The highest BCUT2D eigenvalue weighted by Gasteiger charge is 2.29. The molecule has 0 aliphatic carbocycles. The van der Waals surface area contributed by atoms with Crippen LogP contribution in [0.15, 0.2) is 23.9 Å². The van der Waals surface area contributed by atoms with Crippen LogP contribution in [0.4, 0.5) is 5.69 Å². The summed E-state index contributed by atoms with van der Waals surface area (Å²) in [5, 5.41) is 3.54. The highest BCUT2D eigenvalue weighted by molar-refractivity contribution is 7.80. The van der Waals surface area contributed by atoms with E-state index in [1.54, 1.807) is 4.90 Å². The summed E-state index contributed by atoms with van der Waals surface area (Å²) in [6.07, 6.45) is 5.33. The molecule has 0 spiro atoms. The normalized spacial score (nSPS) is 19.8. The summed E-state index contributed by atoms with van der Waals surface area (Å²) in [6.45, 7) is 7.11. The molecular weight excluding hydrogens is 306 g/mol. The largest absolute Gasteiger partial charge is 0.371 e. The monoisotopic (exact) mass is 329 g/mol. The number of carbonyl (C=O) groups is 1. The van der Waals surface area contributed by atoms with Gasteiger partial charge in [0.1, 0.15) is 5.70 Å². The van der Waals surface area contributed by atoms with Crippen LogP contribution in [0, 0.1) is 6.92 Å². The Balaban J connectivity index is 1.81. The van der Waals surface area contributed by atoms with Crippen LogP contribution in [-0.2, 0) is 4.79 Å². The Morgan fingerprint density at radius 1 is 1.30 bits per heavy atom. The molecule has 23 heavy (non-hydrogen) atoms. The van der Waals surface area contributed by atoms with Crippen molar-refractivity contribution >= 4 is 35.0 Å². The SMILES string of the molecule is CCCN1C(=O)/C(=C/c2ccc(N3CCCC3)c(C)c2)NC1=S. The molecule has 2 aliphatic heterocycles. The molecule has 2 heterocycles. The fourth-order valence-electron chi connectivity index (χ4n) is 3.25. The first-order valence-corrected chi connectivity index (χ1v) is 8.71. The number of anilines is 1. The summed E-state index contributed by atoms with van der Waals surface area (Å²) in [7, 11) is 0. The fraction of sp³-hybridized carbons (Fsp3) is 0.444. The van der Waals surface area contributed by atoms with E-state index in [0.717, 1.165) is 25.1 Å². The van der Waals surface area contributed by atoms with E-state index in [1.807, 2.05) is 13.0 Å². The van der Waals surface area contributed by atoms with Crippen LogP contribution in [0.1, 0.15) is 37.3 Å². The zero-order valence-electron chi connectivity index (χ0n) is 13.8. The van der Waals surface area contributed by atoms with Crippen LogP contribution in [0.2, 0.25) is 0 Å². The molecular formula is C18H23N3OS. The van der Waals surface area contributed by atoms with E-state index >= 15 is 0 Å². The van der Waals surface area contributed by atoms with Gasteiger partial charge >= 0.3 is 0 Å². The topological polar surface area (TPSA) is 35.6 Å². The van der Waals surface area contributed by atoms with Gasteiger partial charge in [-0.1, -0.05) is 13.0 Å². The summed E-state index contributed by atoms with van der Waals surface area (Å²) in [5.74, 6) is -0.0295. The first-order chi connectivity index (χ1) is 11.1. The third-order valence-electron chi connectivity index (χ3n) is 4.39. The standard InChI is InChI=1S/C18H23N3OS/c1-3-8-21-17(22)15(19-18(21)23)12-14-6-7-16(13(2)11-14)20-9-4-5-10-20/h6-7,11-12H,3-5,8-10H2,1-2H3,(H,19,23)/b15-12-. The Labute approximate surface area is 143 Å². The lowest BCUT2D eigenvalue weighted by Gasteiger charge is -2.20. The van der Waals surface area contributed by atoms with E-state index in [0.29, 0.717) is 17.4 Å². The number of benzene rings is 1. The van der Waals surface area contributed by atoms with Crippen LogP contribution < -0.4 is 10.2 Å². The summed E-state index contributed by atoms with van der Waals surface area (Å²) >= 11 is 5.24. The lowest BCUT2D eigenvalue weighted by Crippen LogP contribution is -2.31. The highest BCUT2D eigenvalue weighted by atomic mass is 32.1. The smallest absolute Gasteiger partial charge is 0.276 e. The molecule has 3 rings (SSSR count). The van der Waals surface area contributed by atoms with Gasteiger partial charge in [0.15, 0.2) is 5.11 Å². The first kappa shape index (κ1) is 16.0. The molecule has 0 saturated carbocycles. The van der Waals surface area contributed by atoms with E-state index in [1.165, 1.54) is 24.1 Å². The molecule has 0 radical (unpaired) electrons. The molecule has 0 aromatic heterocycles. The molecule has 0 atom stereocenters. The molecule has 5 heteroatoms. The first-order valence-electron chi connectivity index (χ1n) is 8.30. The second-order valence-electron chi connectivity index (χ2n) is 6.19. The van der Waals surface area contributed by atoms with Crippen molar-refractivity contribution in [1.82, 2.24) is 10.2 Å². The van der Waals surface area contributed by atoms with Gasteiger partial charge in [0.05, 0.1) is 0 Å². The number of carbonyl (C=O) groups excluding carboxylic acids is 1. The summed E-state index contributed by atoms with van der Waals surface area (Å²) < 4.78 is 0. The Morgan fingerprint density at radius 2 is 2.04 bits per heavy atom. The lowest BCUT2D eigenvalue weighted by molar-refractivity contribution is -0.122. The van der Waals surface area contributed by atoms with Crippen molar-refractivity contribution in [2.24, 2.45) is 0 Å². The van der Waals surface area contributed by atoms with Gasteiger partial charge in [-0.25, -0.2) is 0 Å². The number of nitrogens with one attached hydrogen (secondary N) is 1. The molecule has 122 valence electrons. The molecule has 4 nitrogen and oxygen atoms in total. The molecule has 0 bridgehead atoms. The lowest BCUT2D eigenvalue weighted by atomic mass is 10.1. The summed E-state index contributed by atoms with van der Waals surface area (Å²) in [6, 6.07) is 6.38. The third kappa shape index (κ3) is 3.24. The van der Waals surface area contributed by atoms with Gasteiger partial charge in [0.2, 0.25) is 0 Å². The van der Waals surface area contributed by atoms with E-state index < -0.39 is 0 Å². The van der Waals surface area contributed by atoms with Crippen molar-refractivity contribution in [2.75, 3.05) is 24.5 Å². The summed E-state index contributed by atoms with van der Waals surface area (Å²) in [4.78, 5) is 16.4. The van der Waals surface area contributed by atoms with Crippen molar-refractivity contribution in [2.45, 2.75) is 33.1 Å². The minimum absolute atomic E-state index is 0.0295. The second kappa shape index (κ2) is 6.71. The van der Waals surface area contributed by atoms with Gasteiger partial charge in [-0.15, -0.1) is 0 Å². The highest BCUT2D eigenvalue weighted by Crippen LogP contribution is 2.26. The van der Waals surface area contributed by atoms with Crippen molar-refractivity contribution in [3.63, 3.8) is 0 Å². The van der Waals surface area contributed by atoms with Crippen LogP contribution >= 0.6 is 12.2 Å². The quantitative estimate of drug-likeness (QED) is 0.680. The number of hydrogen-bond donors (Lipinski definition) is 1. The number of hydrogen-bond acceptors (Lipinski definition) is 3. The zero-order valence-corrected chi connectivity index (χ0v) is 14.6. The van der Waals surface area contributed by atoms with Gasteiger partial charge in [0.25, 0.3) is 5.91 Å². The Kier molecular flexibility index (Phi) is 4.66. The Hall–Kier alpha value is -1.88. The van der Waals surface area contributed by atoms with Gasteiger partial charge in [-0.3, -0.25) is 9.69 Å². The molecule has 2 aliphatic rings. The number of rotatable bonds is 4.